The molecule has 0 radical (unpaired) electrons. The molecular weight excluding hydrogens is 412 g/mol. The van der Waals surface area contributed by atoms with Crippen molar-refractivity contribution in [3.05, 3.63) is 53.1 Å². The lowest BCUT2D eigenvalue weighted by molar-refractivity contribution is 0.105. The third kappa shape index (κ3) is 5.50. The SMILES string of the molecule is CC(CC1CCCC1)OC(=O)Nc1cc2c(cc1N)C(Nc1cc(F)cc(F)c1)CCC2. The van der Waals surface area contributed by atoms with Crippen molar-refractivity contribution in [3.8, 4) is 0 Å². The highest BCUT2D eigenvalue weighted by atomic mass is 19.1. The van der Waals surface area contributed by atoms with E-state index in [1.807, 2.05) is 19.1 Å². The fourth-order valence-corrected chi connectivity index (χ4v) is 5.05. The number of anilines is 3. The summed E-state index contributed by atoms with van der Waals surface area (Å²) >= 11 is 0. The van der Waals surface area contributed by atoms with Gasteiger partial charge in [0.25, 0.3) is 0 Å². The van der Waals surface area contributed by atoms with E-state index in [2.05, 4.69) is 10.6 Å². The van der Waals surface area contributed by atoms with E-state index in [4.69, 9.17) is 10.5 Å². The molecule has 2 aromatic rings. The van der Waals surface area contributed by atoms with Gasteiger partial charge >= 0.3 is 6.09 Å². The molecular formula is C25H31F2N3O2. The van der Waals surface area contributed by atoms with Crippen molar-refractivity contribution >= 4 is 23.2 Å². The van der Waals surface area contributed by atoms with Crippen LogP contribution in [0.4, 0.5) is 30.6 Å². The fourth-order valence-electron chi connectivity index (χ4n) is 5.05. The molecule has 1 saturated carbocycles. The monoisotopic (exact) mass is 443 g/mol. The van der Waals surface area contributed by atoms with Crippen LogP contribution in [0.1, 0.15) is 69.0 Å². The van der Waals surface area contributed by atoms with Crippen LogP contribution >= 0.6 is 0 Å². The lowest BCUT2D eigenvalue weighted by Gasteiger charge is -2.28. The molecule has 4 N–H and O–H groups in total. The average Bonchev–Trinajstić information content (AvgIpc) is 3.21. The van der Waals surface area contributed by atoms with Crippen LogP contribution in [0.5, 0.6) is 0 Å². The molecule has 0 heterocycles. The first-order chi connectivity index (χ1) is 15.4. The number of benzene rings is 2. The molecule has 5 nitrogen and oxygen atoms in total. The minimum absolute atomic E-state index is 0.116. The lowest BCUT2D eigenvalue weighted by Crippen LogP contribution is -2.23. The number of carbonyl (C=O) groups is 1. The molecule has 0 saturated heterocycles. The van der Waals surface area contributed by atoms with Crippen LogP contribution in [0.2, 0.25) is 0 Å². The van der Waals surface area contributed by atoms with E-state index in [-0.39, 0.29) is 12.1 Å². The Morgan fingerprint density at radius 2 is 1.81 bits per heavy atom. The van der Waals surface area contributed by atoms with Gasteiger partial charge in [-0.25, -0.2) is 13.6 Å². The Bertz CT molecular complexity index is 956. The van der Waals surface area contributed by atoms with Gasteiger partial charge in [-0.1, -0.05) is 25.7 Å². The predicted molar refractivity (Wildman–Crippen MR) is 123 cm³/mol. The number of hydrogen-bond acceptors (Lipinski definition) is 4. The summed E-state index contributed by atoms with van der Waals surface area (Å²) in [5.41, 5.74) is 9.62. The van der Waals surface area contributed by atoms with Crippen molar-refractivity contribution in [2.75, 3.05) is 16.4 Å². The number of hydrogen-bond donors (Lipinski definition) is 3. The molecule has 0 spiro atoms. The molecule has 2 unspecified atom stereocenters. The van der Waals surface area contributed by atoms with E-state index in [0.29, 0.717) is 23.0 Å². The van der Waals surface area contributed by atoms with Crippen LogP contribution in [0.25, 0.3) is 0 Å². The molecule has 1 fully saturated rings. The fraction of sp³-hybridized carbons (Fsp3) is 0.480. The smallest absolute Gasteiger partial charge is 0.411 e. The maximum Gasteiger partial charge on any atom is 0.411 e. The molecule has 2 atom stereocenters. The lowest BCUT2D eigenvalue weighted by atomic mass is 9.86. The number of rotatable bonds is 6. The van der Waals surface area contributed by atoms with Crippen LogP contribution in [-0.2, 0) is 11.2 Å². The van der Waals surface area contributed by atoms with Crippen molar-refractivity contribution in [2.24, 2.45) is 5.92 Å². The van der Waals surface area contributed by atoms with Crippen LogP contribution in [0.3, 0.4) is 0 Å². The summed E-state index contributed by atoms with van der Waals surface area (Å²) in [5, 5.41) is 6.01. The number of amides is 1. The third-order valence-electron chi connectivity index (χ3n) is 6.51. The molecule has 32 heavy (non-hydrogen) atoms. The highest BCUT2D eigenvalue weighted by molar-refractivity contribution is 5.89. The van der Waals surface area contributed by atoms with E-state index < -0.39 is 17.7 Å². The Labute approximate surface area is 187 Å². The summed E-state index contributed by atoms with van der Waals surface area (Å²) in [5.74, 6) is -0.603. The Morgan fingerprint density at radius 1 is 1.09 bits per heavy atom. The third-order valence-corrected chi connectivity index (χ3v) is 6.51. The van der Waals surface area contributed by atoms with Gasteiger partial charge in [0.05, 0.1) is 17.4 Å². The van der Waals surface area contributed by atoms with Crippen LogP contribution < -0.4 is 16.4 Å². The van der Waals surface area contributed by atoms with Crippen molar-refractivity contribution in [2.45, 2.75) is 70.4 Å². The van der Waals surface area contributed by atoms with Gasteiger partial charge in [0.1, 0.15) is 17.7 Å². The van der Waals surface area contributed by atoms with Crippen molar-refractivity contribution in [1.82, 2.24) is 0 Å². The standard InChI is InChI=1S/C25H31F2N3O2/c1-15(9-16-5-2-3-6-16)32-25(31)30-24-10-17-7-4-8-23(21(17)14-22(24)28)29-20-12-18(26)11-19(27)13-20/h10-16,23,29H,2-9,28H2,1H3,(H,30,31). The van der Waals surface area contributed by atoms with E-state index in [9.17, 15) is 13.6 Å². The van der Waals surface area contributed by atoms with Gasteiger partial charge in [-0.15, -0.1) is 0 Å². The molecule has 2 aliphatic carbocycles. The van der Waals surface area contributed by atoms with Crippen LogP contribution in [0, 0.1) is 17.6 Å². The number of ether oxygens (including phenoxy) is 1. The zero-order chi connectivity index (χ0) is 22.7. The first-order valence-corrected chi connectivity index (χ1v) is 11.5. The highest BCUT2D eigenvalue weighted by Crippen LogP contribution is 2.37. The van der Waals surface area contributed by atoms with Gasteiger partial charge < -0.3 is 15.8 Å². The van der Waals surface area contributed by atoms with E-state index in [1.165, 1.54) is 37.8 Å². The first kappa shape index (κ1) is 22.4. The Morgan fingerprint density at radius 3 is 2.53 bits per heavy atom. The zero-order valence-corrected chi connectivity index (χ0v) is 18.4. The van der Waals surface area contributed by atoms with Crippen LogP contribution in [-0.4, -0.2) is 12.2 Å². The summed E-state index contributed by atoms with van der Waals surface area (Å²) in [4.78, 5) is 12.4. The topological polar surface area (TPSA) is 76.4 Å². The number of fused-ring (bicyclic) bond motifs is 1. The highest BCUT2D eigenvalue weighted by Gasteiger charge is 2.24. The Balaban J connectivity index is 1.42. The minimum atomic E-state index is -0.622. The van der Waals surface area contributed by atoms with Crippen LogP contribution in [0.15, 0.2) is 30.3 Å². The number of nitrogens with two attached hydrogens (primary N) is 1. The predicted octanol–water partition coefficient (Wildman–Crippen LogP) is 6.55. The Kier molecular flexibility index (Phi) is 6.82. The van der Waals surface area contributed by atoms with E-state index in [1.54, 1.807) is 0 Å². The molecule has 2 aliphatic rings. The summed E-state index contributed by atoms with van der Waals surface area (Å²) in [6, 6.07) is 7.00. The van der Waals surface area contributed by atoms with Gasteiger partial charge in [0.15, 0.2) is 0 Å². The Hall–Kier alpha value is -2.83. The second-order valence-corrected chi connectivity index (χ2v) is 9.11. The molecule has 1 amide bonds. The molecule has 0 bridgehead atoms. The maximum absolute atomic E-state index is 13.6. The quantitative estimate of drug-likeness (QED) is 0.442. The van der Waals surface area contributed by atoms with Gasteiger partial charge in [-0.05, 0) is 73.9 Å². The molecule has 0 aliphatic heterocycles. The summed E-state index contributed by atoms with van der Waals surface area (Å²) < 4.78 is 32.7. The van der Waals surface area contributed by atoms with E-state index in [0.717, 1.165) is 42.9 Å². The van der Waals surface area contributed by atoms with Gasteiger partial charge in [-0.3, -0.25) is 5.32 Å². The van der Waals surface area contributed by atoms with Crippen molar-refractivity contribution in [3.63, 3.8) is 0 Å². The molecule has 4 rings (SSSR count). The molecule has 2 aromatic carbocycles. The zero-order valence-electron chi connectivity index (χ0n) is 18.4. The average molecular weight is 444 g/mol. The normalized spacial score (nSPS) is 19.3. The number of nitrogen functional groups attached to an aromatic ring is 1. The van der Waals surface area contributed by atoms with Gasteiger partial charge in [0, 0.05) is 11.8 Å². The second kappa shape index (κ2) is 9.76. The largest absolute Gasteiger partial charge is 0.446 e. The van der Waals surface area contributed by atoms with Crippen molar-refractivity contribution in [1.29, 1.82) is 0 Å². The molecule has 0 aromatic heterocycles. The molecule has 172 valence electrons. The second-order valence-electron chi connectivity index (χ2n) is 9.11. The van der Waals surface area contributed by atoms with Gasteiger partial charge in [-0.2, -0.15) is 0 Å². The number of nitrogens with one attached hydrogen (secondary N) is 2. The summed E-state index contributed by atoms with van der Waals surface area (Å²) in [7, 11) is 0. The molecule has 7 heteroatoms. The van der Waals surface area contributed by atoms with Crippen molar-refractivity contribution < 1.29 is 18.3 Å². The number of aryl methyl sites for hydroxylation is 1. The van der Waals surface area contributed by atoms with Gasteiger partial charge in [0.2, 0.25) is 0 Å². The van der Waals surface area contributed by atoms with E-state index >= 15 is 0 Å². The number of carbonyl (C=O) groups excluding carboxylic acids is 1. The summed E-state index contributed by atoms with van der Waals surface area (Å²) in [6.45, 7) is 1.93. The maximum atomic E-state index is 13.6. The number of halogens is 2. The minimum Gasteiger partial charge on any atom is -0.446 e. The first-order valence-electron chi connectivity index (χ1n) is 11.5. The summed E-state index contributed by atoms with van der Waals surface area (Å²) in [6.07, 6.45) is 7.77.